The minimum absolute atomic E-state index is 0.0639. The SMILES string of the molecule is O=C(Nc1ccc(Cl)cc1C(F)(F)F)c1ccc(N2CCCC2)nn1. The second-order valence-corrected chi connectivity index (χ2v) is 6.05. The van der Waals surface area contributed by atoms with Gasteiger partial charge in [-0.05, 0) is 43.2 Å². The topological polar surface area (TPSA) is 58.1 Å². The molecule has 1 aromatic carbocycles. The van der Waals surface area contributed by atoms with E-state index in [1.807, 2.05) is 4.90 Å². The lowest BCUT2D eigenvalue weighted by molar-refractivity contribution is -0.136. The maximum absolute atomic E-state index is 13.1. The summed E-state index contributed by atoms with van der Waals surface area (Å²) in [5.41, 5.74) is -1.46. The normalized spacial score (nSPS) is 14.6. The largest absolute Gasteiger partial charge is 0.418 e. The molecule has 3 rings (SSSR count). The van der Waals surface area contributed by atoms with E-state index in [2.05, 4.69) is 15.5 Å². The van der Waals surface area contributed by atoms with E-state index in [4.69, 9.17) is 11.6 Å². The highest BCUT2D eigenvalue weighted by atomic mass is 35.5. The average Bonchev–Trinajstić information content (AvgIpc) is 3.10. The molecule has 1 aromatic heterocycles. The van der Waals surface area contributed by atoms with Crippen LogP contribution in [0.15, 0.2) is 30.3 Å². The van der Waals surface area contributed by atoms with E-state index in [1.165, 1.54) is 12.1 Å². The second-order valence-electron chi connectivity index (χ2n) is 5.61. The Morgan fingerprint density at radius 3 is 2.44 bits per heavy atom. The first-order chi connectivity index (χ1) is 11.8. The lowest BCUT2D eigenvalue weighted by Crippen LogP contribution is -2.21. The van der Waals surface area contributed by atoms with Crippen molar-refractivity contribution in [2.45, 2.75) is 19.0 Å². The zero-order valence-electron chi connectivity index (χ0n) is 13.0. The Morgan fingerprint density at radius 2 is 1.84 bits per heavy atom. The van der Waals surface area contributed by atoms with Crippen LogP contribution in [0.2, 0.25) is 5.02 Å². The monoisotopic (exact) mass is 370 g/mol. The van der Waals surface area contributed by atoms with Gasteiger partial charge < -0.3 is 10.2 Å². The maximum Gasteiger partial charge on any atom is 0.418 e. The van der Waals surface area contributed by atoms with Gasteiger partial charge in [-0.3, -0.25) is 4.79 Å². The van der Waals surface area contributed by atoms with Crippen molar-refractivity contribution in [3.63, 3.8) is 0 Å². The summed E-state index contributed by atoms with van der Waals surface area (Å²) in [5.74, 6) is -0.121. The van der Waals surface area contributed by atoms with Crippen LogP contribution < -0.4 is 10.2 Å². The molecule has 1 fully saturated rings. The molecule has 1 saturated heterocycles. The minimum Gasteiger partial charge on any atom is -0.355 e. The van der Waals surface area contributed by atoms with Crippen molar-refractivity contribution in [2.75, 3.05) is 23.3 Å². The summed E-state index contributed by atoms with van der Waals surface area (Å²) >= 11 is 5.62. The van der Waals surface area contributed by atoms with Crippen LogP contribution >= 0.6 is 11.6 Å². The first kappa shape index (κ1) is 17.5. The number of hydrogen-bond donors (Lipinski definition) is 1. The van der Waals surface area contributed by atoms with Crippen LogP contribution in [-0.2, 0) is 6.18 Å². The third-order valence-corrected chi connectivity index (χ3v) is 4.08. The van der Waals surface area contributed by atoms with Crippen LogP contribution in [-0.4, -0.2) is 29.2 Å². The summed E-state index contributed by atoms with van der Waals surface area (Å²) in [6.07, 6.45) is -2.50. The lowest BCUT2D eigenvalue weighted by atomic mass is 10.1. The van der Waals surface area contributed by atoms with E-state index in [9.17, 15) is 18.0 Å². The molecule has 9 heteroatoms. The summed E-state index contributed by atoms with van der Waals surface area (Å²) < 4.78 is 39.2. The quantitative estimate of drug-likeness (QED) is 0.887. The third kappa shape index (κ3) is 4.01. The zero-order chi connectivity index (χ0) is 18.0. The number of amides is 1. The van der Waals surface area contributed by atoms with Crippen molar-refractivity contribution in [1.29, 1.82) is 0 Å². The van der Waals surface area contributed by atoms with Crippen LogP contribution in [0.25, 0.3) is 0 Å². The fraction of sp³-hybridized carbons (Fsp3) is 0.312. The van der Waals surface area contributed by atoms with Crippen molar-refractivity contribution >= 4 is 29.0 Å². The smallest absolute Gasteiger partial charge is 0.355 e. The second kappa shape index (κ2) is 6.87. The van der Waals surface area contributed by atoms with Crippen molar-refractivity contribution in [3.05, 3.63) is 46.6 Å². The number of nitrogens with zero attached hydrogens (tertiary/aromatic N) is 3. The van der Waals surface area contributed by atoms with E-state index in [1.54, 1.807) is 6.07 Å². The molecule has 0 spiro atoms. The van der Waals surface area contributed by atoms with E-state index < -0.39 is 17.6 Å². The number of carbonyl (C=O) groups is 1. The number of anilines is 2. The van der Waals surface area contributed by atoms with Gasteiger partial charge in [-0.1, -0.05) is 11.6 Å². The Kier molecular flexibility index (Phi) is 4.80. The highest BCUT2D eigenvalue weighted by Crippen LogP contribution is 2.36. The zero-order valence-corrected chi connectivity index (χ0v) is 13.7. The molecule has 25 heavy (non-hydrogen) atoms. The molecule has 1 amide bonds. The van der Waals surface area contributed by atoms with E-state index in [0.29, 0.717) is 5.82 Å². The molecule has 1 aliphatic rings. The molecule has 0 unspecified atom stereocenters. The minimum atomic E-state index is -4.64. The number of alkyl halides is 3. The standard InChI is InChI=1S/C16H14ClF3N4O/c17-10-3-4-12(11(9-10)16(18,19)20)21-15(25)13-5-6-14(23-22-13)24-7-1-2-8-24/h3-6,9H,1-2,7-8H2,(H,21,25). The Bertz CT molecular complexity index is 774. The fourth-order valence-electron chi connectivity index (χ4n) is 2.61. The van der Waals surface area contributed by atoms with E-state index in [-0.39, 0.29) is 16.4 Å². The number of benzene rings is 1. The Balaban J connectivity index is 1.78. The molecule has 0 atom stereocenters. The number of rotatable bonds is 3. The number of carbonyl (C=O) groups excluding carboxylic acids is 1. The van der Waals surface area contributed by atoms with Gasteiger partial charge in [0.15, 0.2) is 11.5 Å². The van der Waals surface area contributed by atoms with Gasteiger partial charge in [0.1, 0.15) is 0 Å². The fourth-order valence-corrected chi connectivity index (χ4v) is 2.78. The van der Waals surface area contributed by atoms with Crippen molar-refractivity contribution in [2.24, 2.45) is 0 Å². The van der Waals surface area contributed by atoms with Gasteiger partial charge >= 0.3 is 6.18 Å². The van der Waals surface area contributed by atoms with Crippen molar-refractivity contribution < 1.29 is 18.0 Å². The number of aromatic nitrogens is 2. The van der Waals surface area contributed by atoms with Gasteiger partial charge in [0.25, 0.3) is 5.91 Å². The van der Waals surface area contributed by atoms with Crippen LogP contribution in [0.5, 0.6) is 0 Å². The predicted octanol–water partition coefficient (Wildman–Crippen LogP) is 4.00. The molecule has 0 aliphatic carbocycles. The van der Waals surface area contributed by atoms with E-state index >= 15 is 0 Å². The highest BCUT2D eigenvalue weighted by Gasteiger charge is 2.34. The summed E-state index contributed by atoms with van der Waals surface area (Å²) in [6.45, 7) is 1.75. The first-order valence-electron chi connectivity index (χ1n) is 7.61. The maximum atomic E-state index is 13.1. The Labute approximate surface area is 146 Å². The summed E-state index contributed by atoms with van der Waals surface area (Å²) in [7, 11) is 0. The summed E-state index contributed by atoms with van der Waals surface area (Å²) in [4.78, 5) is 14.2. The van der Waals surface area contributed by atoms with Gasteiger partial charge in [0.2, 0.25) is 0 Å². The number of hydrogen-bond acceptors (Lipinski definition) is 4. The third-order valence-electron chi connectivity index (χ3n) is 3.85. The highest BCUT2D eigenvalue weighted by molar-refractivity contribution is 6.30. The average molecular weight is 371 g/mol. The van der Waals surface area contributed by atoms with Crippen molar-refractivity contribution in [1.82, 2.24) is 10.2 Å². The first-order valence-corrected chi connectivity index (χ1v) is 7.99. The molecule has 132 valence electrons. The predicted molar refractivity (Wildman–Crippen MR) is 87.9 cm³/mol. The molecular weight excluding hydrogens is 357 g/mol. The Hall–Kier alpha value is -2.35. The number of halogens is 4. The molecular formula is C16H14ClF3N4O. The molecule has 5 nitrogen and oxygen atoms in total. The summed E-state index contributed by atoms with van der Waals surface area (Å²) in [6, 6.07) is 6.22. The Morgan fingerprint density at radius 1 is 1.12 bits per heavy atom. The van der Waals surface area contributed by atoms with Crippen LogP contribution in [0.4, 0.5) is 24.7 Å². The lowest BCUT2D eigenvalue weighted by Gasteiger charge is -2.16. The van der Waals surface area contributed by atoms with Crippen molar-refractivity contribution in [3.8, 4) is 0 Å². The van der Waals surface area contributed by atoms with E-state index in [0.717, 1.165) is 38.1 Å². The van der Waals surface area contributed by atoms with Gasteiger partial charge in [-0.15, -0.1) is 10.2 Å². The summed E-state index contributed by atoms with van der Waals surface area (Å²) in [5, 5.41) is 9.94. The van der Waals surface area contributed by atoms with Crippen LogP contribution in [0.3, 0.4) is 0 Å². The molecule has 1 aliphatic heterocycles. The van der Waals surface area contributed by atoms with Gasteiger partial charge in [0.05, 0.1) is 11.3 Å². The molecule has 0 saturated carbocycles. The molecule has 2 heterocycles. The van der Waals surface area contributed by atoms with Gasteiger partial charge in [0, 0.05) is 18.1 Å². The molecule has 0 radical (unpaired) electrons. The molecule has 2 aromatic rings. The van der Waals surface area contributed by atoms with Crippen LogP contribution in [0, 0.1) is 0 Å². The van der Waals surface area contributed by atoms with Crippen LogP contribution in [0.1, 0.15) is 28.9 Å². The number of nitrogens with one attached hydrogen (secondary N) is 1. The van der Waals surface area contributed by atoms with Gasteiger partial charge in [-0.2, -0.15) is 13.2 Å². The van der Waals surface area contributed by atoms with Gasteiger partial charge in [-0.25, -0.2) is 0 Å². The molecule has 0 bridgehead atoms. The molecule has 1 N–H and O–H groups in total.